The summed E-state index contributed by atoms with van der Waals surface area (Å²) in [6.07, 6.45) is 0.535. The van der Waals surface area contributed by atoms with E-state index >= 15 is 0 Å². The number of ether oxygens (including phenoxy) is 1. The van der Waals surface area contributed by atoms with Gasteiger partial charge in [-0.1, -0.05) is 0 Å². The first kappa shape index (κ1) is 13.1. The third-order valence-corrected chi connectivity index (χ3v) is 4.55. The number of aromatic nitrogens is 3. The lowest BCUT2D eigenvalue weighted by atomic mass is 10.3. The zero-order valence-corrected chi connectivity index (χ0v) is 11.0. The number of sulfone groups is 1. The second kappa shape index (κ2) is 5.11. The Kier molecular flexibility index (Phi) is 3.71. The molecule has 1 fully saturated rings. The Morgan fingerprint density at radius 1 is 1.61 bits per heavy atom. The van der Waals surface area contributed by atoms with Crippen LogP contribution in [0.4, 0.5) is 11.9 Å². The summed E-state index contributed by atoms with van der Waals surface area (Å²) in [5.41, 5.74) is 5.74. The molecule has 0 spiro atoms. The Labute approximate surface area is 105 Å². The topological polar surface area (TPSA) is 112 Å². The maximum Gasteiger partial charge on any atom is 0.244 e. The second-order valence-electron chi connectivity index (χ2n) is 4.21. The first-order valence-corrected chi connectivity index (χ1v) is 7.49. The highest BCUT2D eigenvalue weighted by Gasteiger charge is 2.31. The summed E-state index contributed by atoms with van der Waals surface area (Å²) >= 11 is 0. The van der Waals surface area contributed by atoms with Crippen LogP contribution in [-0.2, 0) is 14.6 Å². The molecule has 18 heavy (non-hydrogen) atoms. The van der Waals surface area contributed by atoms with Crippen molar-refractivity contribution in [2.24, 2.45) is 0 Å². The second-order valence-corrected chi connectivity index (χ2v) is 6.44. The van der Waals surface area contributed by atoms with Crippen molar-refractivity contribution < 1.29 is 13.2 Å². The van der Waals surface area contributed by atoms with E-state index in [-0.39, 0.29) is 23.5 Å². The van der Waals surface area contributed by atoms with Crippen molar-refractivity contribution in [1.29, 1.82) is 0 Å². The molecule has 2 heterocycles. The number of hydrogen-bond acceptors (Lipinski definition) is 7. The van der Waals surface area contributed by atoms with Crippen LogP contribution >= 0.6 is 0 Å². The molecule has 1 aromatic heterocycles. The minimum atomic E-state index is -2.96. The molecule has 0 radical (unpaired) electrons. The highest BCUT2D eigenvalue weighted by molar-refractivity contribution is 7.91. The summed E-state index contributed by atoms with van der Waals surface area (Å²) in [6.45, 7) is 1.11. The molecule has 1 aliphatic rings. The van der Waals surface area contributed by atoms with Crippen molar-refractivity contribution in [3.8, 4) is 0 Å². The van der Waals surface area contributed by atoms with E-state index in [1.54, 1.807) is 7.11 Å². The molecule has 102 valence electrons. The number of methoxy groups -OCH3 is 1. The van der Waals surface area contributed by atoms with Crippen molar-refractivity contribution >= 4 is 21.7 Å². The van der Waals surface area contributed by atoms with Gasteiger partial charge in [0.05, 0.1) is 24.2 Å². The highest BCUT2D eigenvalue weighted by Crippen LogP contribution is 2.25. The molecule has 0 bridgehead atoms. The summed E-state index contributed by atoms with van der Waals surface area (Å²) < 4.78 is 29.2. The summed E-state index contributed by atoms with van der Waals surface area (Å²) in [5.74, 6) is 0.896. The van der Waals surface area contributed by atoms with Gasteiger partial charge in [0.25, 0.3) is 0 Å². The Balaban J connectivity index is 2.05. The molecule has 0 amide bonds. The number of nitrogens with two attached hydrogens (primary N) is 1. The van der Waals surface area contributed by atoms with Crippen LogP contribution in [0.15, 0.2) is 0 Å². The molecule has 0 aromatic carbocycles. The van der Waals surface area contributed by atoms with E-state index in [9.17, 15) is 8.42 Å². The van der Waals surface area contributed by atoms with Crippen LogP contribution in [0.25, 0.3) is 0 Å². The standard InChI is InChI=1S/C9H17N5O3S/c1-17-4-3-11-9-12-8(10)14(13-9)7-2-5-18(15,16)6-7/h7H,2-6H2,1H3,(H3,10,11,12,13). The number of rotatable bonds is 5. The van der Waals surface area contributed by atoms with Crippen LogP contribution < -0.4 is 11.1 Å². The summed E-state index contributed by atoms with van der Waals surface area (Å²) in [6, 6.07) is -0.208. The summed E-state index contributed by atoms with van der Waals surface area (Å²) in [7, 11) is -1.35. The summed E-state index contributed by atoms with van der Waals surface area (Å²) in [5, 5.41) is 7.13. The molecule has 1 aromatic rings. The van der Waals surface area contributed by atoms with E-state index < -0.39 is 9.84 Å². The van der Waals surface area contributed by atoms with E-state index in [2.05, 4.69) is 15.4 Å². The third-order valence-electron chi connectivity index (χ3n) is 2.80. The van der Waals surface area contributed by atoms with E-state index in [1.165, 1.54) is 4.68 Å². The SMILES string of the molecule is COCCNc1nc(N)n(C2CCS(=O)(=O)C2)n1. The van der Waals surface area contributed by atoms with Gasteiger partial charge in [0.1, 0.15) is 0 Å². The maximum absolute atomic E-state index is 11.4. The number of nitrogen functional groups attached to an aromatic ring is 1. The Hall–Kier alpha value is -1.35. The van der Waals surface area contributed by atoms with Gasteiger partial charge < -0.3 is 15.8 Å². The number of anilines is 2. The molecular weight excluding hydrogens is 258 g/mol. The molecule has 3 N–H and O–H groups in total. The van der Waals surface area contributed by atoms with Crippen LogP contribution in [0.3, 0.4) is 0 Å². The Morgan fingerprint density at radius 3 is 3.00 bits per heavy atom. The molecular formula is C9H17N5O3S. The Bertz CT molecular complexity index is 512. The van der Waals surface area contributed by atoms with Crippen molar-refractivity contribution in [3.63, 3.8) is 0 Å². The van der Waals surface area contributed by atoms with E-state index in [1.807, 2.05) is 0 Å². The first-order chi connectivity index (χ1) is 8.52. The lowest BCUT2D eigenvalue weighted by Crippen LogP contribution is -2.15. The highest BCUT2D eigenvalue weighted by atomic mass is 32.2. The lowest BCUT2D eigenvalue weighted by molar-refractivity contribution is 0.210. The largest absolute Gasteiger partial charge is 0.383 e. The van der Waals surface area contributed by atoms with Gasteiger partial charge in [0.15, 0.2) is 9.84 Å². The van der Waals surface area contributed by atoms with Crippen molar-refractivity contribution in [3.05, 3.63) is 0 Å². The maximum atomic E-state index is 11.4. The van der Waals surface area contributed by atoms with Crippen LogP contribution in [-0.4, -0.2) is 54.9 Å². The molecule has 1 unspecified atom stereocenters. The van der Waals surface area contributed by atoms with Gasteiger partial charge in [-0.2, -0.15) is 4.98 Å². The van der Waals surface area contributed by atoms with Gasteiger partial charge in [-0.3, -0.25) is 0 Å². The fourth-order valence-corrected chi connectivity index (χ4v) is 3.60. The number of nitrogens with one attached hydrogen (secondary N) is 1. The van der Waals surface area contributed by atoms with Gasteiger partial charge in [0.2, 0.25) is 11.9 Å². The van der Waals surface area contributed by atoms with Crippen LogP contribution in [0.2, 0.25) is 0 Å². The molecule has 1 aliphatic heterocycles. The average Bonchev–Trinajstić information content (AvgIpc) is 2.82. The quantitative estimate of drug-likeness (QED) is 0.682. The smallest absolute Gasteiger partial charge is 0.244 e. The zero-order chi connectivity index (χ0) is 13.2. The fourth-order valence-electron chi connectivity index (χ4n) is 1.91. The predicted octanol–water partition coefficient (Wildman–Crippen LogP) is -0.722. The van der Waals surface area contributed by atoms with Crippen molar-refractivity contribution in [1.82, 2.24) is 14.8 Å². The molecule has 1 saturated heterocycles. The van der Waals surface area contributed by atoms with Crippen molar-refractivity contribution in [2.45, 2.75) is 12.5 Å². The molecule has 8 nitrogen and oxygen atoms in total. The van der Waals surface area contributed by atoms with Gasteiger partial charge in [-0.25, -0.2) is 13.1 Å². The fraction of sp³-hybridized carbons (Fsp3) is 0.778. The van der Waals surface area contributed by atoms with Gasteiger partial charge in [-0.15, -0.1) is 5.10 Å². The van der Waals surface area contributed by atoms with Crippen LogP contribution in [0.1, 0.15) is 12.5 Å². The van der Waals surface area contributed by atoms with Gasteiger partial charge >= 0.3 is 0 Å². The van der Waals surface area contributed by atoms with E-state index in [4.69, 9.17) is 10.5 Å². The average molecular weight is 275 g/mol. The minimum Gasteiger partial charge on any atom is -0.383 e. The predicted molar refractivity (Wildman–Crippen MR) is 67.1 cm³/mol. The molecule has 2 rings (SSSR count). The summed E-state index contributed by atoms with van der Waals surface area (Å²) in [4.78, 5) is 4.04. The van der Waals surface area contributed by atoms with E-state index in [0.717, 1.165) is 0 Å². The normalized spacial score (nSPS) is 22.2. The first-order valence-electron chi connectivity index (χ1n) is 5.67. The Morgan fingerprint density at radius 2 is 2.39 bits per heavy atom. The van der Waals surface area contributed by atoms with Gasteiger partial charge in [0, 0.05) is 13.7 Å². The third kappa shape index (κ3) is 2.91. The lowest BCUT2D eigenvalue weighted by Gasteiger charge is -2.08. The molecule has 1 atom stereocenters. The van der Waals surface area contributed by atoms with Crippen molar-refractivity contribution in [2.75, 3.05) is 42.8 Å². The number of hydrogen-bond donors (Lipinski definition) is 2. The van der Waals surface area contributed by atoms with Crippen LogP contribution in [0, 0.1) is 0 Å². The van der Waals surface area contributed by atoms with Crippen LogP contribution in [0.5, 0.6) is 0 Å². The monoisotopic (exact) mass is 275 g/mol. The molecule has 0 aliphatic carbocycles. The molecule has 9 heteroatoms. The zero-order valence-electron chi connectivity index (χ0n) is 10.2. The van der Waals surface area contributed by atoms with E-state index in [0.29, 0.717) is 25.5 Å². The number of nitrogens with zero attached hydrogens (tertiary/aromatic N) is 3. The minimum absolute atomic E-state index is 0.0814. The van der Waals surface area contributed by atoms with Gasteiger partial charge in [-0.05, 0) is 6.42 Å². The molecule has 0 saturated carbocycles.